The van der Waals surface area contributed by atoms with Gasteiger partial charge in [0.15, 0.2) is 5.41 Å². The van der Waals surface area contributed by atoms with Crippen molar-refractivity contribution in [2.45, 2.75) is 12.6 Å². The Bertz CT molecular complexity index is 318. The maximum atomic E-state index is 12.7. The first-order chi connectivity index (χ1) is 7.24. The van der Waals surface area contributed by atoms with Gasteiger partial charge in [-0.15, -0.1) is 0 Å². The maximum absolute atomic E-state index is 12.7. The van der Waals surface area contributed by atoms with Crippen LogP contribution in [0.1, 0.15) is 6.42 Å². The summed E-state index contributed by atoms with van der Waals surface area (Å²) in [6.45, 7) is -1.06. The number of hydrogen-bond acceptors (Lipinski definition) is 2. The van der Waals surface area contributed by atoms with Gasteiger partial charge in [-0.1, -0.05) is 0 Å². The van der Waals surface area contributed by atoms with E-state index in [0.717, 1.165) is 4.90 Å². The summed E-state index contributed by atoms with van der Waals surface area (Å²) in [6, 6.07) is -0.702. The largest absolute Gasteiger partial charge is 0.481 e. The number of nitrogens with one attached hydrogen (secondary N) is 1. The minimum absolute atomic E-state index is 0.217. The van der Waals surface area contributed by atoms with E-state index >= 15 is 0 Å². The van der Waals surface area contributed by atoms with Gasteiger partial charge in [-0.25, -0.2) is 4.79 Å². The Morgan fingerprint density at radius 2 is 2.00 bits per heavy atom. The summed E-state index contributed by atoms with van der Waals surface area (Å²) in [5.74, 6) is -1.94. The highest BCUT2D eigenvalue weighted by atomic mass is 19.4. The number of halogens is 3. The second-order valence-electron chi connectivity index (χ2n) is 3.61. The lowest BCUT2D eigenvalue weighted by atomic mass is 9.86. The first-order valence-electron chi connectivity index (χ1n) is 4.51. The predicted octanol–water partition coefficient (Wildman–Crippen LogP) is 0.665. The Labute approximate surface area is 89.2 Å². The number of hydrogen-bond donors (Lipinski definition) is 2. The van der Waals surface area contributed by atoms with Crippen molar-refractivity contribution in [3.8, 4) is 0 Å². The van der Waals surface area contributed by atoms with E-state index in [9.17, 15) is 22.8 Å². The van der Waals surface area contributed by atoms with Crippen LogP contribution in [0, 0.1) is 5.41 Å². The molecule has 1 rings (SSSR count). The first kappa shape index (κ1) is 12.6. The number of nitrogens with zero attached hydrogens (tertiary/aromatic N) is 1. The summed E-state index contributed by atoms with van der Waals surface area (Å²) >= 11 is 0. The quantitative estimate of drug-likeness (QED) is 0.707. The fraction of sp³-hybridized carbons (Fsp3) is 0.750. The van der Waals surface area contributed by atoms with Gasteiger partial charge in [0.2, 0.25) is 0 Å². The molecule has 0 aliphatic carbocycles. The SMILES string of the molecule is CNC(=O)N1CCC(C(=O)O)(C(F)(F)F)C1. The number of carbonyl (C=O) groups excluding carboxylic acids is 1. The number of aliphatic carboxylic acids is 1. The molecule has 92 valence electrons. The molecular formula is C8H11F3N2O3. The number of likely N-dealkylation sites (tertiary alicyclic amines) is 1. The molecule has 1 aliphatic rings. The summed E-state index contributed by atoms with van der Waals surface area (Å²) < 4.78 is 38.0. The third kappa shape index (κ3) is 1.79. The smallest absolute Gasteiger partial charge is 0.406 e. The fourth-order valence-electron chi connectivity index (χ4n) is 1.67. The molecule has 0 aromatic rings. The van der Waals surface area contributed by atoms with E-state index in [-0.39, 0.29) is 6.54 Å². The molecule has 16 heavy (non-hydrogen) atoms. The molecule has 2 N–H and O–H groups in total. The third-order valence-corrected chi connectivity index (χ3v) is 2.72. The number of alkyl halides is 3. The molecule has 0 aromatic heterocycles. The molecule has 0 radical (unpaired) electrons. The van der Waals surface area contributed by atoms with E-state index < -0.39 is 36.6 Å². The summed E-state index contributed by atoms with van der Waals surface area (Å²) in [4.78, 5) is 22.7. The first-order valence-corrected chi connectivity index (χ1v) is 4.51. The van der Waals surface area contributed by atoms with Gasteiger partial charge < -0.3 is 15.3 Å². The number of amides is 2. The normalized spacial score (nSPS) is 25.6. The number of carboxylic acids is 1. The fourth-order valence-corrected chi connectivity index (χ4v) is 1.67. The minimum Gasteiger partial charge on any atom is -0.481 e. The highest BCUT2D eigenvalue weighted by molar-refractivity contribution is 5.80. The second-order valence-corrected chi connectivity index (χ2v) is 3.61. The molecule has 1 atom stereocenters. The Morgan fingerprint density at radius 1 is 1.44 bits per heavy atom. The lowest BCUT2D eigenvalue weighted by Gasteiger charge is -2.27. The molecule has 0 bridgehead atoms. The van der Waals surface area contributed by atoms with Crippen LogP contribution in [-0.4, -0.2) is 48.3 Å². The van der Waals surface area contributed by atoms with Crippen LogP contribution in [0.15, 0.2) is 0 Å². The van der Waals surface area contributed by atoms with Crippen LogP contribution in [0.4, 0.5) is 18.0 Å². The molecule has 5 nitrogen and oxygen atoms in total. The van der Waals surface area contributed by atoms with Gasteiger partial charge in [0.1, 0.15) is 0 Å². The van der Waals surface area contributed by atoms with Gasteiger partial charge in [0.25, 0.3) is 0 Å². The van der Waals surface area contributed by atoms with Gasteiger partial charge in [0, 0.05) is 20.1 Å². The van der Waals surface area contributed by atoms with Gasteiger partial charge in [0.05, 0.1) is 0 Å². The van der Waals surface area contributed by atoms with Crippen molar-refractivity contribution in [3.05, 3.63) is 0 Å². The summed E-state index contributed by atoms with van der Waals surface area (Å²) in [5.41, 5.74) is -2.83. The average Bonchev–Trinajstić information content (AvgIpc) is 2.61. The van der Waals surface area contributed by atoms with Crippen molar-refractivity contribution in [2.24, 2.45) is 5.41 Å². The standard InChI is InChI=1S/C8H11F3N2O3/c1-12-6(16)13-3-2-7(4-13,5(14)15)8(9,10)11/h2-4H2,1H3,(H,12,16)(H,14,15). The molecule has 1 saturated heterocycles. The monoisotopic (exact) mass is 240 g/mol. The van der Waals surface area contributed by atoms with Gasteiger partial charge >= 0.3 is 18.2 Å². The molecule has 1 heterocycles. The van der Waals surface area contributed by atoms with E-state index in [4.69, 9.17) is 5.11 Å². The molecular weight excluding hydrogens is 229 g/mol. The molecule has 0 spiro atoms. The Morgan fingerprint density at radius 3 is 2.31 bits per heavy atom. The molecule has 0 aromatic carbocycles. The zero-order valence-electron chi connectivity index (χ0n) is 8.47. The van der Waals surface area contributed by atoms with E-state index in [1.165, 1.54) is 7.05 Å². The van der Waals surface area contributed by atoms with E-state index in [2.05, 4.69) is 5.32 Å². The van der Waals surface area contributed by atoms with Crippen LogP contribution in [0.3, 0.4) is 0 Å². The van der Waals surface area contributed by atoms with Crippen molar-refractivity contribution in [1.82, 2.24) is 10.2 Å². The molecule has 1 aliphatic heterocycles. The average molecular weight is 240 g/mol. The second kappa shape index (κ2) is 3.84. The number of rotatable bonds is 1. The Kier molecular flexibility index (Phi) is 3.02. The highest BCUT2D eigenvalue weighted by Crippen LogP contribution is 2.45. The van der Waals surface area contributed by atoms with Crippen LogP contribution in [0.25, 0.3) is 0 Å². The summed E-state index contributed by atoms with van der Waals surface area (Å²) in [5, 5.41) is 10.9. The summed E-state index contributed by atoms with van der Waals surface area (Å²) in [7, 11) is 1.27. The summed E-state index contributed by atoms with van der Waals surface area (Å²) in [6.07, 6.45) is -5.47. The van der Waals surface area contributed by atoms with Gasteiger partial charge in [-0.3, -0.25) is 4.79 Å². The van der Waals surface area contributed by atoms with Crippen molar-refractivity contribution < 1.29 is 27.9 Å². The molecule has 2 amide bonds. The molecule has 1 unspecified atom stereocenters. The Hall–Kier alpha value is -1.47. The number of urea groups is 1. The topological polar surface area (TPSA) is 69.6 Å². The van der Waals surface area contributed by atoms with Crippen LogP contribution < -0.4 is 5.32 Å². The van der Waals surface area contributed by atoms with Crippen molar-refractivity contribution >= 4 is 12.0 Å². The highest BCUT2D eigenvalue weighted by Gasteiger charge is 2.64. The minimum atomic E-state index is -4.86. The number of carbonyl (C=O) groups is 2. The molecule has 8 heteroatoms. The zero-order chi connectivity index (χ0) is 12.6. The van der Waals surface area contributed by atoms with Crippen LogP contribution in [0.5, 0.6) is 0 Å². The lowest BCUT2D eigenvalue weighted by Crippen LogP contribution is -2.48. The van der Waals surface area contributed by atoms with E-state index in [1.807, 2.05) is 0 Å². The molecule has 1 fully saturated rings. The number of carboxylic acid groups (broad SMARTS) is 1. The van der Waals surface area contributed by atoms with Gasteiger partial charge in [-0.2, -0.15) is 13.2 Å². The van der Waals surface area contributed by atoms with E-state index in [1.54, 1.807) is 0 Å². The predicted molar refractivity (Wildman–Crippen MR) is 46.8 cm³/mol. The maximum Gasteiger partial charge on any atom is 0.406 e. The van der Waals surface area contributed by atoms with Gasteiger partial charge in [-0.05, 0) is 6.42 Å². The third-order valence-electron chi connectivity index (χ3n) is 2.72. The lowest BCUT2D eigenvalue weighted by molar-refractivity contribution is -0.226. The molecule has 0 saturated carbocycles. The zero-order valence-corrected chi connectivity index (χ0v) is 8.47. The van der Waals surface area contributed by atoms with Crippen LogP contribution in [0.2, 0.25) is 0 Å². The van der Waals surface area contributed by atoms with Crippen LogP contribution >= 0.6 is 0 Å². The van der Waals surface area contributed by atoms with Crippen molar-refractivity contribution in [2.75, 3.05) is 20.1 Å². The van der Waals surface area contributed by atoms with Crippen molar-refractivity contribution in [3.63, 3.8) is 0 Å². The van der Waals surface area contributed by atoms with E-state index in [0.29, 0.717) is 0 Å². The Balaban J connectivity index is 2.94. The van der Waals surface area contributed by atoms with Crippen LogP contribution in [-0.2, 0) is 4.79 Å². The van der Waals surface area contributed by atoms with Crippen molar-refractivity contribution in [1.29, 1.82) is 0 Å².